The zero-order valence-electron chi connectivity index (χ0n) is 8.76. The molecular weight excluding hydrogens is 177 g/mol. The Balaban J connectivity index is 2.61. The van der Waals surface area contributed by atoms with Crippen LogP contribution in [0.1, 0.15) is 37.6 Å². The predicted octanol–water partition coefficient (Wildman–Crippen LogP) is 3.09. The van der Waals surface area contributed by atoms with Gasteiger partial charge in [0.2, 0.25) is 0 Å². The molecule has 1 aromatic heterocycles. The van der Waals surface area contributed by atoms with Crippen molar-refractivity contribution in [2.24, 2.45) is 0 Å². The van der Waals surface area contributed by atoms with E-state index in [0.29, 0.717) is 11.1 Å². The van der Waals surface area contributed by atoms with E-state index in [1.54, 1.807) is 6.20 Å². The number of nitrogens with zero attached hydrogens (tertiary/aromatic N) is 1. The Labute approximate surface area is 83.7 Å². The zero-order chi connectivity index (χ0) is 10.3. The molecule has 0 amide bonds. The normalized spacial score (nSPS) is 14.6. The van der Waals surface area contributed by atoms with Gasteiger partial charge in [0.1, 0.15) is 5.82 Å². The first kappa shape index (κ1) is 9.38. The van der Waals surface area contributed by atoms with Crippen LogP contribution in [0, 0.1) is 5.82 Å². The second-order valence-electron chi connectivity index (χ2n) is 4.70. The lowest BCUT2D eigenvalue weighted by molar-refractivity contribution is 0.517. The molecule has 1 aromatic rings. The third-order valence-corrected chi connectivity index (χ3v) is 2.54. The summed E-state index contributed by atoms with van der Waals surface area (Å²) in [6, 6.07) is 0. The van der Waals surface area contributed by atoms with Crippen molar-refractivity contribution in [1.82, 2.24) is 4.98 Å². The molecule has 0 aliphatic heterocycles. The molecule has 1 heterocycles. The second kappa shape index (κ2) is 2.91. The molecule has 0 spiro atoms. The van der Waals surface area contributed by atoms with Crippen molar-refractivity contribution < 1.29 is 4.39 Å². The van der Waals surface area contributed by atoms with E-state index < -0.39 is 0 Å². The van der Waals surface area contributed by atoms with Crippen LogP contribution in [0.25, 0.3) is 6.08 Å². The Hall–Kier alpha value is -1.18. The molecule has 0 N–H and O–H groups in total. The van der Waals surface area contributed by atoms with Crippen molar-refractivity contribution in [2.75, 3.05) is 0 Å². The van der Waals surface area contributed by atoms with E-state index in [4.69, 9.17) is 0 Å². The average Bonchev–Trinajstić information content (AvgIpc) is 2.50. The first-order valence-electron chi connectivity index (χ1n) is 4.84. The van der Waals surface area contributed by atoms with Gasteiger partial charge in [-0.1, -0.05) is 32.9 Å². The minimum atomic E-state index is -0.178. The van der Waals surface area contributed by atoms with Crippen LogP contribution in [0.5, 0.6) is 0 Å². The van der Waals surface area contributed by atoms with Gasteiger partial charge in [-0.25, -0.2) is 4.39 Å². The second-order valence-corrected chi connectivity index (χ2v) is 4.70. The molecular formula is C12H14FN. The van der Waals surface area contributed by atoms with Crippen LogP contribution in [0.4, 0.5) is 4.39 Å². The summed E-state index contributed by atoms with van der Waals surface area (Å²) in [6.07, 6.45) is 6.21. The largest absolute Gasteiger partial charge is 0.260 e. The quantitative estimate of drug-likeness (QED) is 0.614. The van der Waals surface area contributed by atoms with Crippen LogP contribution in [0.2, 0.25) is 0 Å². The van der Waals surface area contributed by atoms with E-state index in [1.807, 2.05) is 32.9 Å². The molecule has 0 saturated carbocycles. The zero-order valence-corrected chi connectivity index (χ0v) is 8.76. The first-order valence-corrected chi connectivity index (χ1v) is 4.84. The van der Waals surface area contributed by atoms with Crippen molar-refractivity contribution in [3.05, 3.63) is 34.9 Å². The summed E-state index contributed by atoms with van der Waals surface area (Å²) in [7, 11) is 0. The van der Waals surface area contributed by atoms with Crippen molar-refractivity contribution in [2.45, 2.75) is 32.6 Å². The van der Waals surface area contributed by atoms with Gasteiger partial charge >= 0.3 is 0 Å². The molecule has 0 fully saturated rings. The highest BCUT2D eigenvalue weighted by Crippen LogP contribution is 2.30. The molecule has 1 nitrogen and oxygen atoms in total. The van der Waals surface area contributed by atoms with Gasteiger partial charge < -0.3 is 0 Å². The Morgan fingerprint density at radius 3 is 2.71 bits per heavy atom. The average molecular weight is 191 g/mol. The van der Waals surface area contributed by atoms with Crippen LogP contribution in [0.15, 0.2) is 12.3 Å². The number of pyridine rings is 1. The lowest BCUT2D eigenvalue weighted by atomic mass is 9.87. The summed E-state index contributed by atoms with van der Waals surface area (Å²) in [5, 5.41) is 0. The standard InChI is InChI=1S/C12H14FN/c1-12(2,3)9-7-14-10-6-4-5-8(10)11(9)13/h4-5,7H,6H2,1-3H3. The summed E-state index contributed by atoms with van der Waals surface area (Å²) in [5.74, 6) is -0.101. The maximum Gasteiger partial charge on any atom is 0.137 e. The molecule has 1 aliphatic carbocycles. The van der Waals surface area contributed by atoms with E-state index in [-0.39, 0.29) is 11.2 Å². The minimum absolute atomic E-state index is 0.101. The smallest absolute Gasteiger partial charge is 0.137 e. The number of hydrogen-bond acceptors (Lipinski definition) is 1. The van der Waals surface area contributed by atoms with Crippen LogP contribution in [0.3, 0.4) is 0 Å². The third-order valence-electron chi connectivity index (χ3n) is 2.54. The van der Waals surface area contributed by atoms with Gasteiger partial charge in [0, 0.05) is 23.7 Å². The van der Waals surface area contributed by atoms with E-state index in [1.165, 1.54) is 0 Å². The number of aromatic nitrogens is 1. The maximum atomic E-state index is 14.0. The molecule has 0 aromatic carbocycles. The van der Waals surface area contributed by atoms with Crippen LogP contribution in [-0.4, -0.2) is 4.98 Å². The number of allylic oxidation sites excluding steroid dienone is 1. The highest BCUT2D eigenvalue weighted by Gasteiger charge is 2.23. The van der Waals surface area contributed by atoms with Crippen molar-refractivity contribution >= 4 is 6.08 Å². The SMILES string of the molecule is CC(C)(C)c1cnc2c(c1F)C=CC2. The number of fused-ring (bicyclic) bond motifs is 1. The minimum Gasteiger partial charge on any atom is -0.260 e. The van der Waals surface area contributed by atoms with Gasteiger partial charge in [-0.05, 0) is 5.41 Å². The van der Waals surface area contributed by atoms with Gasteiger partial charge in [0.05, 0.1) is 5.69 Å². The van der Waals surface area contributed by atoms with Gasteiger partial charge in [-0.15, -0.1) is 0 Å². The van der Waals surface area contributed by atoms with E-state index in [2.05, 4.69) is 4.98 Å². The Morgan fingerprint density at radius 2 is 2.07 bits per heavy atom. The van der Waals surface area contributed by atoms with Gasteiger partial charge in [-0.2, -0.15) is 0 Å². The molecule has 14 heavy (non-hydrogen) atoms. The summed E-state index contributed by atoms with van der Waals surface area (Å²) >= 11 is 0. The van der Waals surface area contributed by atoms with Gasteiger partial charge in [-0.3, -0.25) is 4.98 Å². The van der Waals surface area contributed by atoms with Gasteiger partial charge in [0.25, 0.3) is 0 Å². The molecule has 0 radical (unpaired) electrons. The summed E-state index contributed by atoms with van der Waals surface area (Å²) in [5.41, 5.74) is 2.05. The van der Waals surface area contributed by atoms with E-state index >= 15 is 0 Å². The van der Waals surface area contributed by atoms with E-state index in [0.717, 1.165) is 12.1 Å². The number of hydrogen-bond donors (Lipinski definition) is 0. The van der Waals surface area contributed by atoms with E-state index in [9.17, 15) is 4.39 Å². The van der Waals surface area contributed by atoms with Crippen LogP contribution < -0.4 is 0 Å². The monoisotopic (exact) mass is 191 g/mol. The van der Waals surface area contributed by atoms with Crippen LogP contribution >= 0.6 is 0 Å². The molecule has 74 valence electrons. The Kier molecular flexibility index (Phi) is 1.95. The lowest BCUT2D eigenvalue weighted by Gasteiger charge is -2.20. The van der Waals surface area contributed by atoms with Crippen molar-refractivity contribution in [1.29, 1.82) is 0 Å². The molecule has 0 saturated heterocycles. The molecule has 2 heteroatoms. The summed E-state index contributed by atoms with van der Waals surface area (Å²) in [4.78, 5) is 4.28. The third kappa shape index (κ3) is 1.35. The molecule has 1 aliphatic rings. The van der Waals surface area contributed by atoms with Crippen LogP contribution in [-0.2, 0) is 11.8 Å². The Bertz CT molecular complexity index is 400. The lowest BCUT2D eigenvalue weighted by Crippen LogP contribution is -2.15. The molecule has 2 rings (SSSR count). The highest BCUT2D eigenvalue weighted by atomic mass is 19.1. The van der Waals surface area contributed by atoms with Crippen molar-refractivity contribution in [3.63, 3.8) is 0 Å². The molecule has 0 atom stereocenters. The highest BCUT2D eigenvalue weighted by molar-refractivity contribution is 5.59. The number of rotatable bonds is 0. The van der Waals surface area contributed by atoms with Crippen molar-refractivity contribution in [3.8, 4) is 0 Å². The fourth-order valence-corrected chi connectivity index (χ4v) is 1.68. The maximum absolute atomic E-state index is 14.0. The summed E-state index contributed by atoms with van der Waals surface area (Å²) in [6.45, 7) is 5.99. The molecule has 0 bridgehead atoms. The number of halogens is 1. The Morgan fingerprint density at radius 1 is 1.36 bits per heavy atom. The predicted molar refractivity (Wildman–Crippen MR) is 55.6 cm³/mol. The molecule has 0 unspecified atom stereocenters. The fraction of sp³-hybridized carbons (Fsp3) is 0.417. The summed E-state index contributed by atoms with van der Waals surface area (Å²) < 4.78 is 14.0. The first-order chi connectivity index (χ1) is 6.50. The fourth-order valence-electron chi connectivity index (χ4n) is 1.68. The topological polar surface area (TPSA) is 12.9 Å². The van der Waals surface area contributed by atoms with Gasteiger partial charge in [0.15, 0.2) is 0 Å².